The van der Waals surface area contributed by atoms with Crippen LogP contribution in [-0.4, -0.2) is 9.13 Å². The first-order chi connectivity index (χ1) is 31.0. The lowest BCUT2D eigenvalue weighted by atomic mass is 9.85. The Kier molecular flexibility index (Phi) is 9.69. The maximum atomic E-state index is 15.2. The molecule has 8 aromatic carbocycles. The average Bonchev–Trinajstić information content (AvgIpc) is 3.79. The van der Waals surface area contributed by atoms with Gasteiger partial charge in [-0.3, -0.25) is 0 Å². The predicted molar refractivity (Wildman–Crippen MR) is 263 cm³/mol. The zero-order chi connectivity index (χ0) is 45.6. The lowest BCUT2D eigenvalue weighted by molar-refractivity contribution is -0.137. The molecule has 2 heterocycles. The molecule has 65 heavy (non-hydrogen) atoms. The molecular weight excluding hydrogens is 808 g/mol. The van der Waals surface area contributed by atoms with Crippen LogP contribution in [0.3, 0.4) is 0 Å². The predicted octanol–water partition coefficient (Wildman–Crippen LogP) is 16.7. The normalized spacial score (nSPS) is 12.4. The fourth-order valence-corrected chi connectivity index (χ4v) is 9.63. The van der Waals surface area contributed by atoms with Crippen LogP contribution in [0.5, 0.6) is 0 Å². The molecule has 0 N–H and O–H groups in total. The third-order valence-corrected chi connectivity index (χ3v) is 13.0. The highest BCUT2D eigenvalue weighted by Crippen LogP contribution is 2.46. The van der Waals surface area contributed by atoms with Gasteiger partial charge in [-0.15, -0.1) is 0 Å². The van der Waals surface area contributed by atoms with Gasteiger partial charge in [0.1, 0.15) is 11.6 Å². The van der Waals surface area contributed by atoms with Gasteiger partial charge in [0.15, 0.2) is 0 Å². The number of rotatable bonds is 5. The molecule has 0 aliphatic rings. The van der Waals surface area contributed by atoms with E-state index in [2.05, 4.69) is 154 Å². The van der Waals surface area contributed by atoms with E-state index >= 15 is 13.2 Å². The Labute approximate surface area is 377 Å². The fourth-order valence-electron chi connectivity index (χ4n) is 9.63. The lowest BCUT2D eigenvalue weighted by Gasteiger charge is -2.22. The van der Waals surface area contributed by atoms with Gasteiger partial charge in [-0.05, 0) is 135 Å². The molecule has 0 fully saturated rings. The summed E-state index contributed by atoms with van der Waals surface area (Å²) in [6, 6.07) is 56.6. The summed E-state index contributed by atoms with van der Waals surface area (Å²) in [6.07, 6.45) is -4.64. The molecular formula is C59H48F3N3. The van der Waals surface area contributed by atoms with E-state index in [4.69, 9.17) is 0 Å². The zero-order valence-electron chi connectivity index (χ0n) is 37.6. The molecule has 0 unspecified atom stereocenters. The van der Waals surface area contributed by atoms with Crippen molar-refractivity contribution in [3.63, 3.8) is 0 Å². The number of benzene rings is 8. The summed E-state index contributed by atoms with van der Waals surface area (Å²) in [5.74, 6) is 0. The molecule has 0 radical (unpaired) electrons. The Bertz CT molecular complexity index is 3380. The summed E-state index contributed by atoms with van der Waals surface area (Å²) < 4.78 is 49.8. The van der Waals surface area contributed by atoms with Crippen molar-refractivity contribution in [2.24, 2.45) is 0 Å². The fraction of sp³-hybridized carbons (Fsp3) is 0.169. The second kappa shape index (κ2) is 15.1. The number of aromatic nitrogens is 2. The van der Waals surface area contributed by atoms with E-state index in [1.165, 1.54) is 6.07 Å². The van der Waals surface area contributed by atoms with Crippen molar-refractivity contribution >= 4 is 43.6 Å². The van der Waals surface area contributed by atoms with Crippen LogP contribution in [-0.2, 0) is 17.0 Å². The molecule has 0 aliphatic heterocycles. The van der Waals surface area contributed by atoms with E-state index < -0.39 is 11.7 Å². The van der Waals surface area contributed by atoms with Crippen LogP contribution in [0.15, 0.2) is 164 Å². The minimum Gasteiger partial charge on any atom is -0.308 e. The zero-order valence-corrected chi connectivity index (χ0v) is 37.6. The molecule has 0 saturated heterocycles. The first-order valence-corrected chi connectivity index (χ1v) is 22.1. The van der Waals surface area contributed by atoms with E-state index in [-0.39, 0.29) is 16.4 Å². The number of nitrogens with zero attached hydrogens (tertiary/aromatic N) is 3. The van der Waals surface area contributed by atoms with Crippen LogP contribution in [0, 0.1) is 18.3 Å². The van der Waals surface area contributed by atoms with Crippen molar-refractivity contribution in [3.8, 4) is 50.8 Å². The standard InChI is InChI=1S/C59H48F3N3/c1-36-15-14-20-49(59(60,61)62)56(36)41-31-54(48(35-63)55(32-41)65-52-27-23-42(57(2,3)4)33-46(52)47-34-43(58(5,6)7)24-28-53(47)65)64-50-25-21-39(37-16-10-8-11-17-37)29-44(50)45-30-40(22-26-51(45)64)38-18-12-9-13-19-38/h8-34H,1-7H3. The molecule has 0 amide bonds. The largest absolute Gasteiger partial charge is 0.417 e. The SMILES string of the molecule is Cc1cccc(C(F)(F)F)c1-c1cc(-n2c3ccc(-c4ccccc4)cc3c3cc(-c4ccccc4)ccc32)c(C#N)c(-n2c3ccc(C(C)(C)C)cc3c3cc(C(C)(C)C)ccc32)c1. The van der Waals surface area contributed by atoms with E-state index in [1.54, 1.807) is 25.1 Å². The highest BCUT2D eigenvalue weighted by molar-refractivity contribution is 6.13. The highest BCUT2D eigenvalue weighted by atomic mass is 19.4. The molecule has 6 heteroatoms. The molecule has 0 spiro atoms. The molecule has 0 aliphatic carbocycles. The molecule has 3 nitrogen and oxygen atoms in total. The van der Waals surface area contributed by atoms with Crippen LogP contribution in [0.2, 0.25) is 0 Å². The third-order valence-electron chi connectivity index (χ3n) is 13.0. The Morgan fingerprint density at radius 3 is 1.25 bits per heavy atom. The molecule has 2 aromatic heterocycles. The monoisotopic (exact) mass is 855 g/mol. The van der Waals surface area contributed by atoms with Gasteiger partial charge in [0.2, 0.25) is 0 Å². The average molecular weight is 856 g/mol. The second-order valence-corrected chi connectivity index (χ2v) is 19.3. The maximum Gasteiger partial charge on any atom is 0.417 e. The topological polar surface area (TPSA) is 33.6 Å². The molecule has 10 aromatic rings. The van der Waals surface area contributed by atoms with Crippen LogP contribution < -0.4 is 0 Å². The van der Waals surface area contributed by atoms with E-state index in [9.17, 15) is 5.26 Å². The van der Waals surface area contributed by atoms with E-state index in [1.807, 2.05) is 36.4 Å². The maximum absolute atomic E-state index is 15.2. The number of aryl methyl sites for hydroxylation is 1. The van der Waals surface area contributed by atoms with Gasteiger partial charge in [0.25, 0.3) is 0 Å². The summed E-state index contributed by atoms with van der Waals surface area (Å²) in [5.41, 5.74) is 11.1. The minimum absolute atomic E-state index is 0.0799. The second-order valence-electron chi connectivity index (χ2n) is 19.3. The molecule has 10 rings (SSSR count). The molecule has 320 valence electrons. The van der Waals surface area contributed by atoms with Gasteiger partial charge < -0.3 is 9.13 Å². The number of halogens is 3. The molecule has 0 bridgehead atoms. The first-order valence-electron chi connectivity index (χ1n) is 22.1. The van der Waals surface area contributed by atoms with Crippen molar-refractivity contribution in [1.82, 2.24) is 9.13 Å². The van der Waals surface area contributed by atoms with Gasteiger partial charge in [0, 0.05) is 21.5 Å². The Hall–Kier alpha value is -7.36. The summed E-state index contributed by atoms with van der Waals surface area (Å²) in [7, 11) is 0. The third kappa shape index (κ3) is 7.07. The van der Waals surface area contributed by atoms with E-state index in [0.717, 1.165) is 83.1 Å². The van der Waals surface area contributed by atoms with Crippen molar-refractivity contribution in [2.45, 2.75) is 65.5 Å². The van der Waals surface area contributed by atoms with Gasteiger partial charge in [0.05, 0.1) is 39.0 Å². The lowest BCUT2D eigenvalue weighted by Crippen LogP contribution is -2.11. The Morgan fingerprint density at radius 2 is 0.846 bits per heavy atom. The molecule has 0 saturated carbocycles. The van der Waals surface area contributed by atoms with Crippen LogP contribution >= 0.6 is 0 Å². The summed E-state index contributed by atoms with van der Waals surface area (Å²) in [4.78, 5) is 0. The number of hydrogen-bond donors (Lipinski definition) is 0. The summed E-state index contributed by atoms with van der Waals surface area (Å²) >= 11 is 0. The number of nitriles is 1. The Morgan fingerprint density at radius 1 is 0.431 bits per heavy atom. The van der Waals surface area contributed by atoms with Crippen LogP contribution in [0.1, 0.15) is 69.4 Å². The smallest absolute Gasteiger partial charge is 0.308 e. The van der Waals surface area contributed by atoms with Crippen molar-refractivity contribution in [1.29, 1.82) is 5.26 Å². The van der Waals surface area contributed by atoms with Gasteiger partial charge in [-0.1, -0.05) is 139 Å². The number of fused-ring (bicyclic) bond motifs is 6. The minimum atomic E-state index is -4.64. The Balaban J connectivity index is 1.37. The van der Waals surface area contributed by atoms with Crippen LogP contribution in [0.4, 0.5) is 13.2 Å². The van der Waals surface area contributed by atoms with Crippen LogP contribution in [0.25, 0.3) is 88.4 Å². The summed E-state index contributed by atoms with van der Waals surface area (Å²) in [5, 5.41) is 15.6. The molecule has 0 atom stereocenters. The number of hydrogen-bond acceptors (Lipinski definition) is 1. The van der Waals surface area contributed by atoms with Crippen molar-refractivity contribution < 1.29 is 13.2 Å². The van der Waals surface area contributed by atoms with Crippen molar-refractivity contribution in [3.05, 3.63) is 192 Å². The first kappa shape index (κ1) is 41.6. The van der Waals surface area contributed by atoms with Crippen molar-refractivity contribution in [2.75, 3.05) is 0 Å². The van der Waals surface area contributed by atoms with Gasteiger partial charge >= 0.3 is 6.18 Å². The van der Waals surface area contributed by atoms with Gasteiger partial charge in [-0.2, -0.15) is 18.4 Å². The number of alkyl halides is 3. The highest BCUT2D eigenvalue weighted by Gasteiger charge is 2.35. The van der Waals surface area contributed by atoms with E-state index in [0.29, 0.717) is 28.1 Å². The quantitative estimate of drug-likeness (QED) is 0.170. The summed E-state index contributed by atoms with van der Waals surface area (Å²) in [6.45, 7) is 14.9. The van der Waals surface area contributed by atoms with Gasteiger partial charge in [-0.25, -0.2) is 0 Å².